The Bertz CT molecular complexity index is 273. The number of hydrogen-bond donors (Lipinski definition) is 2. The lowest BCUT2D eigenvalue weighted by atomic mass is 10.3. The van der Waals surface area contributed by atoms with Gasteiger partial charge < -0.3 is 10.4 Å². The molecule has 0 aliphatic rings. The van der Waals surface area contributed by atoms with Crippen LogP contribution in [-0.2, 0) is 9.59 Å². The summed E-state index contributed by atoms with van der Waals surface area (Å²) in [5.74, 6) is -2.39. The molecule has 2 N–H and O–H groups in total. The average Bonchev–Trinajstić information content (AvgIpc) is 2.14. The number of carbonyl (C=O) groups is 2. The molecule has 0 saturated heterocycles. The molecule has 4 nitrogen and oxygen atoms in total. The lowest BCUT2D eigenvalue weighted by Gasteiger charge is -2.18. The zero-order valence-corrected chi connectivity index (χ0v) is 10.3. The smallest absolute Gasteiger partial charge is 0.327 e. The van der Waals surface area contributed by atoms with Crippen LogP contribution in [0.3, 0.4) is 0 Å². The summed E-state index contributed by atoms with van der Waals surface area (Å²) in [4.78, 5) is 21.3. The standard InChI is InChI=1S/C8H11ClF3NO3S/c1-3(14)13-4(8(15)16)2-17-5(6(9)10)7(11)12/h4-7H,2H2,1H3,(H,13,14)(H,15,16)/t4-,5?,6?/m0/s1. The molecule has 3 atom stereocenters. The number of carboxylic acids is 1. The van der Waals surface area contributed by atoms with E-state index in [2.05, 4.69) is 0 Å². The zero-order valence-electron chi connectivity index (χ0n) is 8.70. The molecule has 0 fully saturated rings. The molecular formula is C8H11ClF3NO3S. The van der Waals surface area contributed by atoms with E-state index in [4.69, 9.17) is 16.7 Å². The van der Waals surface area contributed by atoms with Crippen molar-refractivity contribution >= 4 is 35.2 Å². The minimum Gasteiger partial charge on any atom is -0.480 e. The number of thioether (sulfide) groups is 1. The Hall–Kier alpha value is -0.630. The van der Waals surface area contributed by atoms with E-state index in [-0.39, 0.29) is 0 Å². The fourth-order valence-corrected chi connectivity index (χ4v) is 2.14. The molecule has 0 aromatic carbocycles. The fraction of sp³-hybridized carbons (Fsp3) is 0.750. The highest BCUT2D eigenvalue weighted by atomic mass is 35.5. The molecule has 0 spiro atoms. The maximum atomic E-state index is 12.6. The summed E-state index contributed by atoms with van der Waals surface area (Å²) in [6.45, 7) is 1.09. The zero-order chi connectivity index (χ0) is 13.6. The van der Waals surface area contributed by atoms with E-state index in [0.717, 1.165) is 6.92 Å². The van der Waals surface area contributed by atoms with Crippen molar-refractivity contribution in [3.8, 4) is 0 Å². The monoisotopic (exact) mass is 293 g/mol. The van der Waals surface area contributed by atoms with Crippen molar-refractivity contribution in [2.75, 3.05) is 5.75 Å². The van der Waals surface area contributed by atoms with Crippen LogP contribution in [0.15, 0.2) is 0 Å². The highest BCUT2D eigenvalue weighted by Gasteiger charge is 2.31. The molecule has 0 aliphatic carbocycles. The second-order valence-electron chi connectivity index (χ2n) is 3.06. The minimum atomic E-state index is -3.01. The summed E-state index contributed by atoms with van der Waals surface area (Å²) < 4.78 is 37.1. The molecule has 0 saturated carbocycles. The number of hydrogen-bond acceptors (Lipinski definition) is 3. The molecule has 0 aromatic heterocycles. The van der Waals surface area contributed by atoms with E-state index >= 15 is 0 Å². The predicted octanol–water partition coefficient (Wildman–Crippen LogP) is 1.48. The van der Waals surface area contributed by atoms with Crippen molar-refractivity contribution in [3.05, 3.63) is 0 Å². The Labute approximate surface area is 105 Å². The second-order valence-corrected chi connectivity index (χ2v) is 4.69. The van der Waals surface area contributed by atoms with Crippen molar-refractivity contribution in [2.24, 2.45) is 0 Å². The Kier molecular flexibility index (Phi) is 7.37. The molecule has 0 aromatic rings. The molecule has 0 heterocycles. The summed E-state index contributed by atoms with van der Waals surface area (Å²) in [5, 5.41) is 8.89. The van der Waals surface area contributed by atoms with Crippen molar-refractivity contribution in [1.82, 2.24) is 5.32 Å². The van der Waals surface area contributed by atoms with Gasteiger partial charge in [-0.05, 0) is 0 Å². The summed E-state index contributed by atoms with van der Waals surface area (Å²) in [7, 11) is 0. The fourth-order valence-electron chi connectivity index (χ4n) is 0.883. The molecule has 0 aliphatic heterocycles. The number of carboxylic acid groups (broad SMARTS) is 1. The molecule has 0 radical (unpaired) electrons. The van der Waals surface area contributed by atoms with Gasteiger partial charge >= 0.3 is 5.97 Å². The van der Waals surface area contributed by atoms with Gasteiger partial charge in [0, 0.05) is 12.7 Å². The Balaban J connectivity index is 4.36. The SMILES string of the molecule is CC(=O)N[C@@H](CSC(C(F)F)C(F)Cl)C(=O)O. The first kappa shape index (κ1) is 16.4. The summed E-state index contributed by atoms with van der Waals surface area (Å²) >= 11 is 5.27. The molecule has 0 bridgehead atoms. The van der Waals surface area contributed by atoms with Crippen molar-refractivity contribution in [3.63, 3.8) is 0 Å². The van der Waals surface area contributed by atoms with Gasteiger partial charge in [0.05, 0.1) is 0 Å². The molecule has 9 heteroatoms. The lowest BCUT2D eigenvalue weighted by molar-refractivity contribution is -0.140. The number of rotatable bonds is 7. The van der Waals surface area contributed by atoms with Crippen LogP contribution in [0.2, 0.25) is 0 Å². The normalized spacial score (nSPS) is 16.4. The number of aliphatic carboxylic acids is 1. The van der Waals surface area contributed by atoms with Gasteiger partial charge in [-0.15, -0.1) is 11.8 Å². The first-order valence-electron chi connectivity index (χ1n) is 4.43. The average molecular weight is 294 g/mol. The van der Waals surface area contributed by atoms with Crippen LogP contribution >= 0.6 is 23.4 Å². The Morgan fingerprint density at radius 1 is 1.41 bits per heavy atom. The van der Waals surface area contributed by atoms with Crippen LogP contribution in [0.4, 0.5) is 13.2 Å². The van der Waals surface area contributed by atoms with E-state index in [0.29, 0.717) is 11.8 Å². The lowest BCUT2D eigenvalue weighted by Crippen LogP contribution is -2.42. The Morgan fingerprint density at radius 3 is 2.24 bits per heavy atom. The summed E-state index contributed by atoms with van der Waals surface area (Å²) in [6.07, 6.45) is -3.01. The number of nitrogens with one attached hydrogen (secondary N) is 1. The van der Waals surface area contributed by atoms with E-state index in [1.165, 1.54) is 0 Å². The maximum Gasteiger partial charge on any atom is 0.327 e. The summed E-state index contributed by atoms with van der Waals surface area (Å²) in [5.41, 5.74) is -2.29. The number of alkyl halides is 4. The van der Waals surface area contributed by atoms with Gasteiger partial charge in [-0.1, -0.05) is 11.6 Å². The second kappa shape index (κ2) is 7.65. The largest absolute Gasteiger partial charge is 0.480 e. The van der Waals surface area contributed by atoms with Crippen molar-refractivity contribution in [2.45, 2.75) is 30.3 Å². The highest BCUT2D eigenvalue weighted by molar-refractivity contribution is 8.00. The topological polar surface area (TPSA) is 66.4 Å². The van der Waals surface area contributed by atoms with Gasteiger partial charge in [-0.3, -0.25) is 4.79 Å². The first-order chi connectivity index (χ1) is 7.75. The van der Waals surface area contributed by atoms with Crippen LogP contribution in [-0.4, -0.2) is 46.1 Å². The van der Waals surface area contributed by atoms with E-state index in [9.17, 15) is 22.8 Å². The van der Waals surface area contributed by atoms with Crippen LogP contribution < -0.4 is 5.32 Å². The van der Waals surface area contributed by atoms with Gasteiger partial charge in [0.15, 0.2) is 5.63 Å². The quantitative estimate of drug-likeness (QED) is 0.698. The highest BCUT2D eigenvalue weighted by Crippen LogP contribution is 2.26. The van der Waals surface area contributed by atoms with Gasteiger partial charge in [-0.25, -0.2) is 18.0 Å². The molecule has 100 valence electrons. The van der Waals surface area contributed by atoms with Crippen LogP contribution in [0.1, 0.15) is 6.92 Å². The molecule has 2 unspecified atom stereocenters. The van der Waals surface area contributed by atoms with Crippen LogP contribution in [0.25, 0.3) is 0 Å². The first-order valence-corrected chi connectivity index (χ1v) is 5.92. The van der Waals surface area contributed by atoms with Gasteiger partial charge in [-0.2, -0.15) is 0 Å². The van der Waals surface area contributed by atoms with Gasteiger partial charge in [0.25, 0.3) is 6.43 Å². The van der Waals surface area contributed by atoms with Crippen LogP contribution in [0, 0.1) is 0 Å². The summed E-state index contributed by atoms with van der Waals surface area (Å²) in [6, 6.07) is -1.35. The predicted molar refractivity (Wildman–Crippen MR) is 58.2 cm³/mol. The molecule has 1 amide bonds. The number of carbonyl (C=O) groups excluding carboxylic acids is 1. The van der Waals surface area contributed by atoms with E-state index in [1.54, 1.807) is 0 Å². The maximum absolute atomic E-state index is 12.6. The molecular weight excluding hydrogens is 283 g/mol. The minimum absolute atomic E-state index is 0.364. The third kappa shape index (κ3) is 6.62. The molecule has 0 rings (SSSR count). The van der Waals surface area contributed by atoms with Crippen molar-refractivity contribution in [1.29, 1.82) is 0 Å². The third-order valence-electron chi connectivity index (χ3n) is 1.63. The van der Waals surface area contributed by atoms with Gasteiger partial charge in [0.1, 0.15) is 11.3 Å². The van der Waals surface area contributed by atoms with E-state index < -0.39 is 41.0 Å². The van der Waals surface area contributed by atoms with Crippen LogP contribution in [0.5, 0.6) is 0 Å². The number of amides is 1. The third-order valence-corrected chi connectivity index (χ3v) is 3.40. The molecule has 17 heavy (non-hydrogen) atoms. The Morgan fingerprint density at radius 2 is 1.94 bits per heavy atom. The van der Waals surface area contributed by atoms with Crippen molar-refractivity contribution < 1.29 is 27.9 Å². The number of halogens is 4. The van der Waals surface area contributed by atoms with Gasteiger partial charge in [0.2, 0.25) is 5.91 Å². The van der Waals surface area contributed by atoms with E-state index in [1.807, 2.05) is 5.32 Å².